The van der Waals surface area contributed by atoms with Crippen LogP contribution in [-0.4, -0.2) is 33.1 Å². The molecule has 0 aliphatic heterocycles. The third-order valence-corrected chi connectivity index (χ3v) is 5.80. The molecule has 3 rings (SSSR count). The van der Waals surface area contributed by atoms with Gasteiger partial charge in [0.2, 0.25) is 0 Å². The van der Waals surface area contributed by atoms with E-state index in [0.29, 0.717) is 0 Å². The van der Waals surface area contributed by atoms with Crippen molar-refractivity contribution in [3.63, 3.8) is 0 Å². The monoisotopic (exact) mass is 442 g/mol. The molecule has 0 N–H and O–H groups in total. The first-order chi connectivity index (χ1) is 12.9. The number of nitrogens with zero attached hydrogens (tertiary/aromatic N) is 2. The van der Waals surface area contributed by atoms with Crippen molar-refractivity contribution in [3.05, 3.63) is 99.0 Å². The Morgan fingerprint density at radius 2 is 1.26 bits per heavy atom. The molecule has 140 valence electrons. The number of anilines is 1. The van der Waals surface area contributed by atoms with Crippen molar-refractivity contribution in [3.8, 4) is 0 Å². The Labute approximate surface area is 175 Å². The van der Waals surface area contributed by atoms with Crippen LogP contribution in [0.5, 0.6) is 0 Å². The topological polar surface area (TPSA) is 6.48 Å². The summed E-state index contributed by atoms with van der Waals surface area (Å²) in [7, 11) is 8.23. The Bertz CT molecular complexity index is 869. The van der Waals surface area contributed by atoms with E-state index >= 15 is 0 Å². The molecule has 27 heavy (non-hydrogen) atoms. The second-order valence-corrected chi connectivity index (χ2v) is 8.31. The lowest BCUT2D eigenvalue weighted by atomic mass is 9.76. The van der Waals surface area contributed by atoms with Gasteiger partial charge in [0.25, 0.3) is 0 Å². The van der Waals surface area contributed by atoms with Gasteiger partial charge in [-0.15, -0.1) is 0 Å². The molecule has 0 saturated heterocycles. The summed E-state index contributed by atoms with van der Waals surface area (Å²) in [5.41, 5.74) is 3.86. The Hall–Kier alpha value is -1.81. The average Bonchev–Trinajstić information content (AvgIpc) is 2.66. The van der Waals surface area contributed by atoms with Crippen molar-refractivity contribution in [1.29, 1.82) is 0 Å². The van der Waals surface area contributed by atoms with Crippen LogP contribution in [0.2, 0.25) is 5.02 Å². The quantitative estimate of drug-likeness (QED) is 0.445. The van der Waals surface area contributed by atoms with E-state index in [-0.39, 0.29) is 0 Å². The van der Waals surface area contributed by atoms with Crippen LogP contribution in [0.3, 0.4) is 0 Å². The second-order valence-electron chi connectivity index (χ2n) is 7.02. The molecule has 0 heterocycles. The molecular weight excluding hydrogens is 420 g/mol. The van der Waals surface area contributed by atoms with E-state index < -0.39 is 5.54 Å². The highest BCUT2D eigenvalue weighted by molar-refractivity contribution is 9.10. The predicted molar refractivity (Wildman–Crippen MR) is 120 cm³/mol. The zero-order valence-corrected chi connectivity index (χ0v) is 18.4. The predicted octanol–water partition coefficient (Wildman–Crippen LogP) is 6.02. The average molecular weight is 444 g/mol. The summed E-state index contributed by atoms with van der Waals surface area (Å²) in [5, 5.41) is 0.754. The van der Waals surface area contributed by atoms with Crippen molar-refractivity contribution >= 4 is 33.2 Å². The smallest absolute Gasteiger partial charge is 0.0983 e. The Kier molecular flexibility index (Phi) is 5.95. The van der Waals surface area contributed by atoms with Crippen molar-refractivity contribution in [2.45, 2.75) is 5.54 Å². The van der Waals surface area contributed by atoms with Crippen LogP contribution < -0.4 is 4.90 Å². The van der Waals surface area contributed by atoms with Crippen molar-refractivity contribution in [1.82, 2.24) is 4.90 Å². The molecule has 0 aliphatic rings. The molecule has 2 nitrogen and oxygen atoms in total. The molecule has 3 aromatic carbocycles. The Balaban J connectivity index is 2.46. The molecule has 0 aromatic heterocycles. The minimum Gasteiger partial charge on any atom is -0.376 e. The summed E-state index contributed by atoms with van der Waals surface area (Å²) in [4.78, 5) is 4.29. The van der Waals surface area contributed by atoms with Gasteiger partial charge in [-0.1, -0.05) is 88.2 Å². The molecule has 0 radical (unpaired) electrons. The summed E-state index contributed by atoms with van der Waals surface area (Å²) >= 11 is 10.7. The minimum atomic E-state index is -0.520. The Morgan fingerprint density at radius 1 is 0.778 bits per heavy atom. The maximum absolute atomic E-state index is 7.01. The second kappa shape index (κ2) is 8.05. The van der Waals surface area contributed by atoms with E-state index in [1.807, 2.05) is 31.1 Å². The molecule has 0 bridgehead atoms. The molecule has 0 atom stereocenters. The summed E-state index contributed by atoms with van der Waals surface area (Å²) in [6.07, 6.45) is 0. The van der Waals surface area contributed by atoms with E-state index in [2.05, 4.69) is 95.6 Å². The maximum atomic E-state index is 7.01. The van der Waals surface area contributed by atoms with Gasteiger partial charge in [0.15, 0.2) is 0 Å². The standard InChI is InChI=1S/C23H24BrClN2/c1-26(2)21-16-19(24)15-20(22(21)25)23(27(3)4,17-11-7-5-8-12-17)18-13-9-6-10-14-18/h5-16H,1-4H3. The third-order valence-electron chi connectivity index (χ3n) is 4.94. The summed E-state index contributed by atoms with van der Waals surface area (Å²) < 4.78 is 1.00. The minimum absolute atomic E-state index is 0.520. The highest BCUT2D eigenvalue weighted by Crippen LogP contribution is 2.47. The summed E-state index contributed by atoms with van der Waals surface area (Å²) in [6.45, 7) is 0. The molecule has 0 aliphatic carbocycles. The molecular formula is C23H24BrClN2. The van der Waals surface area contributed by atoms with Crippen LogP contribution in [0, 0.1) is 0 Å². The van der Waals surface area contributed by atoms with E-state index in [9.17, 15) is 0 Å². The fourth-order valence-electron chi connectivity index (χ4n) is 3.76. The lowest BCUT2D eigenvalue weighted by Gasteiger charge is -2.43. The van der Waals surface area contributed by atoms with Gasteiger partial charge in [0, 0.05) is 24.1 Å². The number of hydrogen-bond acceptors (Lipinski definition) is 2. The molecule has 4 heteroatoms. The molecule has 0 amide bonds. The molecule has 0 saturated carbocycles. The van der Waals surface area contributed by atoms with E-state index in [0.717, 1.165) is 20.7 Å². The molecule has 0 fully saturated rings. The van der Waals surface area contributed by atoms with Crippen molar-refractivity contribution in [2.75, 3.05) is 33.1 Å². The van der Waals surface area contributed by atoms with Gasteiger partial charge in [0.1, 0.15) is 0 Å². The van der Waals surface area contributed by atoms with Gasteiger partial charge in [-0.25, -0.2) is 0 Å². The summed E-state index contributed by atoms with van der Waals surface area (Å²) in [5.74, 6) is 0. The third kappa shape index (κ3) is 3.52. The number of rotatable bonds is 5. The van der Waals surface area contributed by atoms with Crippen molar-refractivity contribution in [2.24, 2.45) is 0 Å². The molecule has 0 spiro atoms. The lowest BCUT2D eigenvalue weighted by molar-refractivity contribution is 0.247. The highest BCUT2D eigenvalue weighted by Gasteiger charge is 2.41. The number of halogens is 2. The van der Waals surface area contributed by atoms with Crippen LogP contribution >= 0.6 is 27.5 Å². The normalized spacial score (nSPS) is 11.7. The number of hydrogen-bond donors (Lipinski definition) is 0. The van der Waals surface area contributed by atoms with Gasteiger partial charge in [-0.3, -0.25) is 4.90 Å². The van der Waals surface area contributed by atoms with Crippen LogP contribution in [0.4, 0.5) is 5.69 Å². The maximum Gasteiger partial charge on any atom is 0.0983 e. The van der Waals surface area contributed by atoms with Crippen molar-refractivity contribution < 1.29 is 0 Å². The van der Waals surface area contributed by atoms with Crippen LogP contribution in [0.15, 0.2) is 77.3 Å². The SMILES string of the molecule is CN(C)c1cc(Br)cc(C(c2ccccc2)(c2ccccc2)N(C)C)c1Cl. The van der Waals surface area contributed by atoms with E-state index in [4.69, 9.17) is 11.6 Å². The van der Waals surface area contributed by atoms with E-state index in [1.54, 1.807) is 0 Å². The van der Waals surface area contributed by atoms with Crippen LogP contribution in [0.25, 0.3) is 0 Å². The fourth-order valence-corrected chi connectivity index (χ4v) is 4.62. The van der Waals surface area contributed by atoms with Crippen LogP contribution in [-0.2, 0) is 5.54 Å². The highest BCUT2D eigenvalue weighted by atomic mass is 79.9. The fraction of sp³-hybridized carbons (Fsp3) is 0.217. The number of benzene rings is 3. The molecule has 3 aromatic rings. The van der Waals surface area contributed by atoms with Gasteiger partial charge in [-0.2, -0.15) is 0 Å². The van der Waals surface area contributed by atoms with Gasteiger partial charge >= 0.3 is 0 Å². The Morgan fingerprint density at radius 3 is 1.67 bits per heavy atom. The molecule has 0 unspecified atom stereocenters. The first-order valence-corrected chi connectivity index (χ1v) is 10.0. The summed E-state index contributed by atoms with van der Waals surface area (Å²) in [6, 6.07) is 25.3. The van der Waals surface area contributed by atoms with Gasteiger partial charge in [0.05, 0.1) is 16.2 Å². The van der Waals surface area contributed by atoms with Gasteiger partial charge < -0.3 is 4.90 Å². The first-order valence-electron chi connectivity index (χ1n) is 8.84. The van der Waals surface area contributed by atoms with E-state index in [1.165, 1.54) is 11.1 Å². The lowest BCUT2D eigenvalue weighted by Crippen LogP contribution is -2.44. The zero-order valence-electron chi connectivity index (χ0n) is 16.1. The van der Waals surface area contributed by atoms with Crippen LogP contribution in [0.1, 0.15) is 16.7 Å². The first kappa shape index (κ1) is 19.9. The largest absolute Gasteiger partial charge is 0.376 e. The van der Waals surface area contributed by atoms with Gasteiger partial charge in [-0.05, 0) is 37.4 Å². The zero-order chi connectivity index (χ0) is 19.6.